The molecule has 0 saturated carbocycles. The fourth-order valence-corrected chi connectivity index (χ4v) is 7.09. The molecule has 0 bridgehead atoms. The van der Waals surface area contributed by atoms with Crippen molar-refractivity contribution in [3.8, 4) is 23.0 Å². The third-order valence-corrected chi connectivity index (χ3v) is 9.44. The van der Waals surface area contributed by atoms with Crippen molar-refractivity contribution < 1.29 is 4.42 Å². The van der Waals surface area contributed by atoms with Crippen LogP contribution in [-0.2, 0) is 6.42 Å². The molecule has 2 heterocycles. The molecule has 1 aliphatic heterocycles. The number of allylic oxidation sites excluding steroid dienone is 6. The van der Waals surface area contributed by atoms with Crippen molar-refractivity contribution >= 4 is 50.2 Å². The summed E-state index contributed by atoms with van der Waals surface area (Å²) < 4.78 is 6.45. The Labute approximate surface area is 274 Å². The van der Waals surface area contributed by atoms with E-state index in [1.807, 2.05) is 6.07 Å². The van der Waals surface area contributed by atoms with E-state index in [0.29, 0.717) is 0 Å². The van der Waals surface area contributed by atoms with Crippen molar-refractivity contribution in [1.29, 1.82) is 0 Å². The van der Waals surface area contributed by atoms with Crippen LogP contribution in [0, 0.1) is 11.8 Å². The summed E-state index contributed by atoms with van der Waals surface area (Å²) in [6.45, 7) is 0. The van der Waals surface area contributed by atoms with Crippen LogP contribution in [0.1, 0.15) is 47.7 Å². The molecular weight excluding hydrogens is 572 g/mol. The zero-order chi connectivity index (χ0) is 31.2. The molecule has 47 heavy (non-hydrogen) atoms. The van der Waals surface area contributed by atoms with E-state index in [1.165, 1.54) is 38.6 Å². The molecule has 2 aliphatic carbocycles. The lowest BCUT2D eigenvalue weighted by Gasteiger charge is -2.25. The second kappa shape index (κ2) is 11.5. The highest BCUT2D eigenvalue weighted by Gasteiger charge is 2.22. The monoisotopic (exact) mass is 604 g/mol. The van der Waals surface area contributed by atoms with Gasteiger partial charge < -0.3 is 9.73 Å². The molecule has 224 valence electrons. The Morgan fingerprint density at radius 2 is 1.68 bits per heavy atom. The Balaban J connectivity index is 1.16. The van der Waals surface area contributed by atoms with E-state index in [-0.39, 0.29) is 6.17 Å². The van der Waals surface area contributed by atoms with Gasteiger partial charge in [0.15, 0.2) is 0 Å². The number of aliphatic imine (C=N–C) groups is 1. The first-order valence-electron chi connectivity index (χ1n) is 16.4. The Morgan fingerprint density at radius 1 is 0.745 bits per heavy atom. The second-order valence-electron chi connectivity index (χ2n) is 12.4. The number of hydrogen-bond donors (Lipinski definition) is 1. The van der Waals surface area contributed by atoms with E-state index >= 15 is 0 Å². The molecule has 5 aromatic carbocycles. The van der Waals surface area contributed by atoms with Crippen LogP contribution in [0.15, 0.2) is 142 Å². The molecule has 3 heteroatoms. The van der Waals surface area contributed by atoms with Gasteiger partial charge in [0.25, 0.3) is 0 Å². The molecule has 1 N–H and O–H groups in total. The number of rotatable bonds is 4. The molecule has 1 atom stereocenters. The molecule has 0 amide bonds. The van der Waals surface area contributed by atoms with Crippen LogP contribution < -0.4 is 5.32 Å². The highest BCUT2D eigenvalue weighted by atomic mass is 16.3. The van der Waals surface area contributed by atoms with Crippen molar-refractivity contribution in [3.63, 3.8) is 0 Å². The van der Waals surface area contributed by atoms with E-state index < -0.39 is 0 Å². The van der Waals surface area contributed by atoms with Crippen LogP contribution >= 0.6 is 0 Å². The number of furan rings is 1. The maximum absolute atomic E-state index is 6.45. The molecule has 9 rings (SSSR count). The number of fused-ring (bicyclic) bond motifs is 6. The smallest absolute Gasteiger partial charge is 0.145 e. The fraction of sp³-hybridized carbons (Fsp3) is 0.114. The third kappa shape index (κ3) is 5.00. The lowest BCUT2D eigenvalue weighted by molar-refractivity contribution is 0.663. The van der Waals surface area contributed by atoms with Crippen LogP contribution in [0.25, 0.3) is 55.6 Å². The van der Waals surface area contributed by atoms with Gasteiger partial charge in [0.1, 0.15) is 17.3 Å². The van der Waals surface area contributed by atoms with E-state index in [0.717, 1.165) is 70.2 Å². The summed E-state index contributed by atoms with van der Waals surface area (Å²) in [5.74, 6) is 6.61. The van der Waals surface area contributed by atoms with E-state index in [1.54, 1.807) is 0 Å². The van der Waals surface area contributed by atoms with Crippen molar-refractivity contribution in [2.75, 3.05) is 0 Å². The molecule has 0 saturated heterocycles. The van der Waals surface area contributed by atoms with E-state index in [4.69, 9.17) is 9.41 Å². The molecular formula is C44H32N2O. The maximum atomic E-state index is 6.45. The third-order valence-electron chi connectivity index (χ3n) is 9.44. The summed E-state index contributed by atoms with van der Waals surface area (Å²) in [6.07, 6.45) is 16.8. The molecule has 0 spiro atoms. The van der Waals surface area contributed by atoms with Crippen LogP contribution in [0.5, 0.6) is 0 Å². The van der Waals surface area contributed by atoms with E-state index in [9.17, 15) is 0 Å². The number of nitrogens with zero attached hydrogens (tertiary/aromatic N) is 1. The lowest BCUT2D eigenvalue weighted by Crippen LogP contribution is -2.25. The summed E-state index contributed by atoms with van der Waals surface area (Å²) in [5.41, 5.74) is 12.2. The minimum Gasteiger partial charge on any atom is -0.456 e. The Hall–Kier alpha value is -5.85. The van der Waals surface area contributed by atoms with Crippen molar-refractivity contribution in [2.45, 2.75) is 31.8 Å². The molecule has 0 fully saturated rings. The van der Waals surface area contributed by atoms with Crippen molar-refractivity contribution in [3.05, 3.63) is 155 Å². The van der Waals surface area contributed by atoms with Gasteiger partial charge in [-0.25, -0.2) is 0 Å². The first kappa shape index (κ1) is 27.5. The van der Waals surface area contributed by atoms with Crippen molar-refractivity contribution in [2.24, 2.45) is 4.99 Å². The molecule has 6 aromatic rings. The number of benzene rings is 5. The first-order chi connectivity index (χ1) is 23.3. The molecule has 0 radical (unpaired) electrons. The largest absolute Gasteiger partial charge is 0.456 e. The summed E-state index contributed by atoms with van der Waals surface area (Å²) >= 11 is 0. The zero-order valence-electron chi connectivity index (χ0n) is 26.0. The highest BCUT2D eigenvalue weighted by Crippen LogP contribution is 2.39. The summed E-state index contributed by atoms with van der Waals surface area (Å²) in [6, 6.07) is 34.7. The Morgan fingerprint density at radius 3 is 2.60 bits per heavy atom. The Kier molecular flexibility index (Phi) is 6.72. The predicted molar refractivity (Wildman–Crippen MR) is 196 cm³/mol. The molecule has 3 nitrogen and oxygen atoms in total. The SMILES string of the molecule is C1#CCc2c(ccc3cc(-c4cccc5oc6ccc(C7=CC(C8=CCCC=C8)=NC(c8ccccc8)N7)cc6c45)ccc23)/C=C\C1. The van der Waals surface area contributed by atoms with Gasteiger partial charge in [0.05, 0.1) is 5.71 Å². The van der Waals surface area contributed by atoms with Crippen LogP contribution in [-0.4, -0.2) is 5.71 Å². The average Bonchev–Trinajstić information content (AvgIpc) is 3.50. The summed E-state index contributed by atoms with van der Waals surface area (Å²) in [5, 5.41) is 8.46. The van der Waals surface area contributed by atoms with Gasteiger partial charge in [0.2, 0.25) is 0 Å². The topological polar surface area (TPSA) is 37.5 Å². The summed E-state index contributed by atoms with van der Waals surface area (Å²) in [7, 11) is 0. The zero-order valence-corrected chi connectivity index (χ0v) is 26.0. The van der Waals surface area contributed by atoms with Crippen LogP contribution in [0.3, 0.4) is 0 Å². The maximum Gasteiger partial charge on any atom is 0.145 e. The van der Waals surface area contributed by atoms with Gasteiger partial charge in [0, 0.05) is 29.3 Å². The van der Waals surface area contributed by atoms with Gasteiger partial charge in [-0.3, -0.25) is 4.99 Å². The van der Waals surface area contributed by atoms with Crippen LogP contribution in [0.4, 0.5) is 0 Å². The van der Waals surface area contributed by atoms with Gasteiger partial charge >= 0.3 is 0 Å². The number of hydrogen-bond acceptors (Lipinski definition) is 3. The van der Waals surface area contributed by atoms with E-state index in [2.05, 4.69) is 145 Å². The molecule has 1 unspecified atom stereocenters. The minimum absolute atomic E-state index is 0.173. The van der Waals surface area contributed by atoms with Gasteiger partial charge in [-0.1, -0.05) is 109 Å². The second-order valence-corrected chi connectivity index (χ2v) is 12.4. The average molecular weight is 605 g/mol. The normalized spacial score (nSPS) is 17.9. The van der Waals surface area contributed by atoms with Crippen molar-refractivity contribution in [1.82, 2.24) is 5.32 Å². The Bertz CT molecular complexity index is 2440. The molecule has 3 aliphatic rings. The van der Waals surface area contributed by atoms with Gasteiger partial charge in [-0.15, -0.1) is 0 Å². The standard InChI is InChI=1S/C44H32N2O/c1-2-10-17-35-29(12-5-1)20-21-32-26-33(22-24-36(32)35)37-18-11-19-42-43(37)38-27-34(23-25-41(38)47-42)40-28-39(30-13-6-3-7-14-30)45-44(46-40)31-15-8-4-9-16-31/h4-6,8-9,11-16,18-28,44,46H,1,3,7,17H2/b12-5-. The number of nitrogens with one attached hydrogen (secondary N) is 1. The van der Waals surface area contributed by atoms with Crippen LogP contribution in [0.2, 0.25) is 0 Å². The first-order valence-corrected chi connectivity index (χ1v) is 16.4. The van der Waals surface area contributed by atoms with Gasteiger partial charge in [-0.2, -0.15) is 0 Å². The lowest BCUT2D eigenvalue weighted by atomic mass is 9.92. The van der Waals surface area contributed by atoms with Gasteiger partial charge in [-0.05, 0) is 99.0 Å². The quantitative estimate of drug-likeness (QED) is 0.203. The summed E-state index contributed by atoms with van der Waals surface area (Å²) in [4.78, 5) is 5.15. The highest BCUT2D eigenvalue weighted by molar-refractivity contribution is 6.16. The molecule has 1 aromatic heterocycles. The predicted octanol–water partition coefficient (Wildman–Crippen LogP) is 10.7. The minimum atomic E-state index is -0.173. The fourth-order valence-electron chi connectivity index (χ4n) is 7.09.